The summed E-state index contributed by atoms with van der Waals surface area (Å²) >= 11 is 2.08. The van der Waals surface area contributed by atoms with E-state index in [2.05, 4.69) is 5.32 Å². The Morgan fingerprint density at radius 1 is 1.32 bits per heavy atom. The van der Waals surface area contributed by atoms with E-state index in [4.69, 9.17) is 10.00 Å². The maximum Gasteiger partial charge on any atom is 0.348 e. The lowest BCUT2D eigenvalue weighted by Gasteiger charge is -2.05. The molecule has 0 aliphatic carbocycles. The largest absolute Gasteiger partial charge is 0.462 e. The topological polar surface area (TPSA) is 79.2 Å². The number of carbonyl (C=O) groups is 2. The number of anilines is 1. The highest BCUT2D eigenvalue weighted by atomic mass is 32.2. The fourth-order valence-electron chi connectivity index (χ4n) is 2.23. The molecular formula is C18H18N2O3S2. The molecule has 0 unspecified atom stereocenters. The lowest BCUT2D eigenvalue weighted by Crippen LogP contribution is -2.11. The van der Waals surface area contributed by atoms with Gasteiger partial charge in [-0.2, -0.15) is 5.26 Å². The number of rotatable bonds is 7. The Labute approximate surface area is 155 Å². The number of thiophene rings is 1. The number of hydrogen-bond acceptors (Lipinski definition) is 6. The zero-order valence-electron chi connectivity index (χ0n) is 14.0. The van der Waals surface area contributed by atoms with E-state index in [9.17, 15) is 9.59 Å². The lowest BCUT2D eigenvalue weighted by atomic mass is 10.1. The van der Waals surface area contributed by atoms with Gasteiger partial charge in [-0.05, 0) is 43.2 Å². The van der Waals surface area contributed by atoms with Gasteiger partial charge in [-0.1, -0.05) is 30.3 Å². The number of nitrogens with zero attached hydrogens (tertiary/aromatic N) is 1. The van der Waals surface area contributed by atoms with Crippen LogP contribution in [0.15, 0.2) is 35.2 Å². The van der Waals surface area contributed by atoms with E-state index in [0.717, 1.165) is 28.7 Å². The molecule has 0 saturated heterocycles. The second-order valence-electron chi connectivity index (χ2n) is 5.16. The van der Waals surface area contributed by atoms with Crippen molar-refractivity contribution >= 4 is 40.0 Å². The Bertz CT molecular complexity index is 795. The first-order valence-corrected chi connectivity index (χ1v) is 9.40. The summed E-state index contributed by atoms with van der Waals surface area (Å²) in [6, 6.07) is 9.74. The number of aryl methyl sites for hydroxylation is 1. The van der Waals surface area contributed by atoms with E-state index >= 15 is 0 Å². The van der Waals surface area contributed by atoms with Crippen LogP contribution in [0.4, 0.5) is 5.00 Å². The first-order valence-electron chi connectivity index (χ1n) is 7.77. The van der Waals surface area contributed by atoms with Crippen molar-refractivity contribution < 1.29 is 14.3 Å². The molecule has 1 N–H and O–H groups in total. The summed E-state index contributed by atoms with van der Waals surface area (Å²) in [6.45, 7) is 3.76. The summed E-state index contributed by atoms with van der Waals surface area (Å²) in [6.07, 6.45) is 0.953. The predicted octanol–water partition coefficient (Wildman–Crippen LogP) is 4.38. The number of esters is 1. The van der Waals surface area contributed by atoms with Crippen molar-refractivity contribution in [1.29, 1.82) is 5.26 Å². The van der Waals surface area contributed by atoms with Crippen molar-refractivity contribution in [3.63, 3.8) is 0 Å². The van der Waals surface area contributed by atoms with Gasteiger partial charge in [0.05, 0.1) is 11.5 Å². The molecule has 0 fully saturated rings. The number of ether oxygens (including phenoxy) is 1. The number of hydrogen-bond donors (Lipinski definition) is 1. The molecule has 0 atom stereocenters. The van der Waals surface area contributed by atoms with Crippen LogP contribution in [-0.4, -0.2) is 18.5 Å². The third-order valence-corrected chi connectivity index (χ3v) is 5.56. The smallest absolute Gasteiger partial charge is 0.348 e. The number of thioether (sulfide) groups is 1. The van der Waals surface area contributed by atoms with Crippen molar-refractivity contribution in [2.45, 2.75) is 31.6 Å². The molecule has 130 valence electrons. The van der Waals surface area contributed by atoms with Crippen LogP contribution < -0.4 is 5.32 Å². The third kappa shape index (κ3) is 5.08. The van der Waals surface area contributed by atoms with Crippen molar-refractivity contribution in [3.8, 4) is 5.40 Å². The van der Waals surface area contributed by atoms with Crippen LogP contribution in [0.25, 0.3) is 0 Å². The van der Waals surface area contributed by atoms with Crippen molar-refractivity contribution in [2.75, 3.05) is 11.9 Å². The molecule has 0 radical (unpaired) electrons. The minimum Gasteiger partial charge on any atom is -0.462 e. The predicted molar refractivity (Wildman–Crippen MR) is 99.9 cm³/mol. The molecule has 2 rings (SSSR count). The third-order valence-electron chi connectivity index (χ3n) is 3.44. The molecule has 1 aromatic heterocycles. The van der Waals surface area contributed by atoms with Crippen molar-refractivity contribution in [2.24, 2.45) is 0 Å². The molecule has 0 aliphatic rings. The van der Waals surface area contributed by atoms with Crippen molar-refractivity contribution in [1.82, 2.24) is 0 Å². The normalized spacial score (nSPS) is 10.1. The number of nitriles is 1. The average Bonchev–Trinajstić information content (AvgIpc) is 2.91. The molecule has 1 heterocycles. The SMILES string of the molecule is CCOC(=O)c1sc(NC(=O)CCc2ccccc2)c(SC#N)c1C. The van der Waals surface area contributed by atoms with Crippen LogP contribution in [0.2, 0.25) is 0 Å². The molecular weight excluding hydrogens is 356 g/mol. The van der Waals surface area contributed by atoms with Crippen LogP contribution in [-0.2, 0) is 16.0 Å². The second-order valence-corrected chi connectivity index (χ2v) is 6.98. The van der Waals surface area contributed by atoms with Gasteiger partial charge in [-0.15, -0.1) is 11.3 Å². The highest BCUT2D eigenvalue weighted by Crippen LogP contribution is 2.40. The molecule has 0 saturated carbocycles. The summed E-state index contributed by atoms with van der Waals surface area (Å²) in [5.74, 6) is -0.588. The minimum absolute atomic E-state index is 0.152. The molecule has 0 bridgehead atoms. The number of nitrogens with one attached hydrogen (secondary N) is 1. The highest BCUT2D eigenvalue weighted by molar-refractivity contribution is 8.04. The van der Waals surface area contributed by atoms with Gasteiger partial charge in [0.25, 0.3) is 0 Å². The van der Waals surface area contributed by atoms with Gasteiger partial charge in [0.1, 0.15) is 15.3 Å². The van der Waals surface area contributed by atoms with Crippen LogP contribution in [0, 0.1) is 17.6 Å². The molecule has 1 aromatic carbocycles. The van der Waals surface area contributed by atoms with Gasteiger partial charge in [-0.25, -0.2) is 4.79 Å². The first kappa shape index (κ1) is 19.0. The fourth-order valence-corrected chi connectivity index (χ4v) is 4.05. The standard InChI is InChI=1S/C18H18N2O3S2/c1-3-23-18(22)16-12(2)15(24-11-19)17(25-16)20-14(21)10-9-13-7-5-4-6-8-13/h4-8H,3,9-10H2,1-2H3,(H,20,21). The average molecular weight is 374 g/mol. The van der Waals surface area contributed by atoms with Crippen molar-refractivity contribution in [3.05, 3.63) is 46.3 Å². The maximum atomic E-state index is 12.2. The zero-order chi connectivity index (χ0) is 18.2. The number of carbonyl (C=O) groups excluding carboxylic acids is 2. The Morgan fingerprint density at radius 3 is 2.68 bits per heavy atom. The summed E-state index contributed by atoms with van der Waals surface area (Å²) < 4.78 is 5.03. The van der Waals surface area contributed by atoms with E-state index in [0.29, 0.717) is 33.2 Å². The van der Waals surface area contributed by atoms with Crippen LogP contribution >= 0.6 is 23.1 Å². The van der Waals surface area contributed by atoms with Gasteiger partial charge < -0.3 is 10.1 Å². The minimum atomic E-state index is -0.436. The highest BCUT2D eigenvalue weighted by Gasteiger charge is 2.22. The number of benzene rings is 1. The molecule has 0 spiro atoms. The molecule has 0 aliphatic heterocycles. The summed E-state index contributed by atoms with van der Waals surface area (Å²) in [5.41, 5.74) is 1.74. The Kier molecular flexibility index (Phi) is 7.04. The van der Waals surface area contributed by atoms with Crippen LogP contribution in [0.5, 0.6) is 0 Å². The Morgan fingerprint density at radius 2 is 2.04 bits per heavy atom. The quantitative estimate of drug-likeness (QED) is 0.442. The molecule has 25 heavy (non-hydrogen) atoms. The summed E-state index contributed by atoms with van der Waals surface area (Å²) in [5, 5.41) is 14.3. The molecule has 5 nitrogen and oxygen atoms in total. The van der Waals surface area contributed by atoms with E-state index in [1.54, 1.807) is 13.8 Å². The van der Waals surface area contributed by atoms with Crippen LogP contribution in [0.1, 0.15) is 34.1 Å². The molecule has 1 amide bonds. The Hall–Kier alpha value is -2.30. The maximum absolute atomic E-state index is 12.2. The summed E-state index contributed by atoms with van der Waals surface area (Å²) in [4.78, 5) is 25.3. The molecule has 2 aromatic rings. The number of amides is 1. The second kappa shape index (κ2) is 9.25. The number of thiocyanates is 1. The van der Waals surface area contributed by atoms with Gasteiger partial charge in [0.15, 0.2) is 0 Å². The lowest BCUT2D eigenvalue weighted by molar-refractivity contribution is -0.116. The van der Waals surface area contributed by atoms with Gasteiger partial charge in [0, 0.05) is 6.42 Å². The van der Waals surface area contributed by atoms with E-state index < -0.39 is 5.97 Å². The fraction of sp³-hybridized carbons (Fsp3) is 0.278. The van der Waals surface area contributed by atoms with E-state index in [-0.39, 0.29) is 12.5 Å². The van der Waals surface area contributed by atoms with E-state index in [1.807, 2.05) is 35.7 Å². The Balaban J connectivity index is 2.11. The monoisotopic (exact) mass is 374 g/mol. The van der Waals surface area contributed by atoms with Gasteiger partial charge >= 0.3 is 5.97 Å². The van der Waals surface area contributed by atoms with E-state index in [1.165, 1.54) is 0 Å². The van der Waals surface area contributed by atoms with Gasteiger partial charge in [-0.3, -0.25) is 4.79 Å². The summed E-state index contributed by atoms with van der Waals surface area (Å²) in [7, 11) is 0. The molecule has 7 heteroatoms. The van der Waals surface area contributed by atoms with Gasteiger partial charge in [0.2, 0.25) is 5.91 Å². The first-order chi connectivity index (χ1) is 12.1. The zero-order valence-corrected chi connectivity index (χ0v) is 15.6. The van der Waals surface area contributed by atoms with Crippen LogP contribution in [0.3, 0.4) is 0 Å².